The van der Waals surface area contributed by atoms with Crippen LogP contribution in [0.1, 0.15) is 51.5 Å². The normalized spacial score (nSPS) is 25.6. The minimum absolute atomic E-state index is 0.721. The van der Waals surface area contributed by atoms with Gasteiger partial charge in [0.25, 0.3) is 0 Å². The Morgan fingerprint density at radius 3 is 2.85 bits per heavy atom. The molecule has 0 aromatic carbocycles. The highest BCUT2D eigenvalue weighted by molar-refractivity contribution is 5.59. The molecular weight excluding hydrogens is 248 g/mol. The zero-order valence-corrected chi connectivity index (χ0v) is 12.7. The number of piperidine rings is 1. The maximum absolute atomic E-state index is 4.65. The molecule has 4 nitrogen and oxygen atoms in total. The van der Waals surface area contributed by atoms with Crippen molar-refractivity contribution in [3.8, 4) is 0 Å². The van der Waals surface area contributed by atoms with E-state index in [9.17, 15) is 0 Å². The zero-order chi connectivity index (χ0) is 13.9. The first-order valence-electron chi connectivity index (χ1n) is 8.19. The Kier molecular flexibility index (Phi) is 4.08. The van der Waals surface area contributed by atoms with Crippen LogP contribution in [0.25, 0.3) is 0 Å². The van der Waals surface area contributed by atoms with Crippen LogP contribution in [0.2, 0.25) is 0 Å². The first kappa shape index (κ1) is 13.7. The molecule has 0 bridgehead atoms. The molecule has 1 aromatic heterocycles. The fourth-order valence-electron chi connectivity index (χ4n) is 4.01. The summed E-state index contributed by atoms with van der Waals surface area (Å²) in [6, 6.07) is 0.721. The Morgan fingerprint density at radius 2 is 2.05 bits per heavy atom. The van der Waals surface area contributed by atoms with Gasteiger partial charge in [0.1, 0.15) is 18.0 Å². The number of aromatic nitrogens is 2. The Hall–Kier alpha value is -1.32. The molecule has 1 N–H and O–H groups in total. The third kappa shape index (κ3) is 2.36. The van der Waals surface area contributed by atoms with E-state index >= 15 is 0 Å². The maximum Gasteiger partial charge on any atom is 0.137 e. The Labute approximate surface area is 122 Å². The van der Waals surface area contributed by atoms with Crippen molar-refractivity contribution in [1.82, 2.24) is 9.97 Å². The van der Waals surface area contributed by atoms with Gasteiger partial charge in [0.2, 0.25) is 0 Å². The van der Waals surface area contributed by atoms with Gasteiger partial charge in [0.05, 0.1) is 0 Å². The van der Waals surface area contributed by atoms with Crippen molar-refractivity contribution in [2.24, 2.45) is 5.92 Å². The van der Waals surface area contributed by atoms with Gasteiger partial charge in [-0.3, -0.25) is 0 Å². The topological polar surface area (TPSA) is 41.1 Å². The quantitative estimate of drug-likeness (QED) is 0.915. The molecule has 0 radical (unpaired) electrons. The van der Waals surface area contributed by atoms with Crippen LogP contribution in [0.4, 0.5) is 11.6 Å². The fraction of sp³-hybridized carbons (Fsp3) is 0.750. The van der Waals surface area contributed by atoms with Crippen LogP contribution in [0.3, 0.4) is 0 Å². The molecule has 2 heterocycles. The van der Waals surface area contributed by atoms with Crippen molar-refractivity contribution in [2.45, 2.75) is 58.4 Å². The summed E-state index contributed by atoms with van der Waals surface area (Å²) < 4.78 is 0. The van der Waals surface area contributed by atoms with E-state index in [1.165, 1.54) is 43.5 Å². The molecule has 20 heavy (non-hydrogen) atoms. The molecular formula is C16H26N4. The number of fused-ring (bicyclic) bond motifs is 1. The van der Waals surface area contributed by atoms with E-state index in [1.807, 2.05) is 0 Å². The molecule has 1 saturated carbocycles. The van der Waals surface area contributed by atoms with Crippen molar-refractivity contribution < 1.29 is 0 Å². The van der Waals surface area contributed by atoms with Gasteiger partial charge in [0, 0.05) is 24.7 Å². The van der Waals surface area contributed by atoms with Crippen molar-refractivity contribution in [2.75, 3.05) is 23.3 Å². The number of nitrogens with one attached hydrogen (secondary N) is 1. The highest BCUT2D eigenvalue weighted by Gasteiger charge is 2.36. The minimum Gasteiger partial charge on any atom is -0.370 e. The first-order valence-corrected chi connectivity index (χ1v) is 8.19. The van der Waals surface area contributed by atoms with Crippen LogP contribution < -0.4 is 10.2 Å². The summed E-state index contributed by atoms with van der Waals surface area (Å²) in [5.74, 6) is 3.11. The van der Waals surface area contributed by atoms with Gasteiger partial charge in [0.15, 0.2) is 0 Å². The average molecular weight is 274 g/mol. The molecule has 1 aromatic rings. The Morgan fingerprint density at radius 1 is 1.20 bits per heavy atom. The number of nitrogens with zero attached hydrogens (tertiary/aromatic N) is 3. The van der Waals surface area contributed by atoms with Crippen molar-refractivity contribution in [1.29, 1.82) is 0 Å². The lowest BCUT2D eigenvalue weighted by molar-refractivity contribution is 0.360. The molecule has 0 amide bonds. The van der Waals surface area contributed by atoms with E-state index in [2.05, 4.69) is 34.0 Å². The second-order valence-corrected chi connectivity index (χ2v) is 6.00. The Balaban J connectivity index is 1.94. The molecule has 2 unspecified atom stereocenters. The second-order valence-electron chi connectivity index (χ2n) is 6.00. The molecule has 3 rings (SSSR count). The van der Waals surface area contributed by atoms with E-state index in [0.29, 0.717) is 0 Å². The second kappa shape index (κ2) is 5.98. The number of rotatable bonds is 4. The van der Waals surface area contributed by atoms with Crippen LogP contribution >= 0.6 is 0 Å². The van der Waals surface area contributed by atoms with E-state index in [4.69, 9.17) is 0 Å². The molecule has 110 valence electrons. The lowest BCUT2D eigenvalue weighted by atomic mass is 9.91. The summed E-state index contributed by atoms with van der Waals surface area (Å²) in [7, 11) is 0. The van der Waals surface area contributed by atoms with Gasteiger partial charge in [-0.2, -0.15) is 0 Å². The van der Waals surface area contributed by atoms with Crippen molar-refractivity contribution >= 4 is 11.6 Å². The molecule has 1 aliphatic heterocycles. The highest BCUT2D eigenvalue weighted by Crippen LogP contribution is 2.40. The van der Waals surface area contributed by atoms with Crippen LogP contribution in [-0.2, 0) is 6.42 Å². The van der Waals surface area contributed by atoms with E-state index in [0.717, 1.165) is 37.3 Å². The highest BCUT2D eigenvalue weighted by atomic mass is 15.2. The lowest BCUT2D eigenvalue weighted by Crippen LogP contribution is -2.43. The summed E-state index contributed by atoms with van der Waals surface area (Å²) in [6.45, 7) is 6.40. The van der Waals surface area contributed by atoms with Crippen molar-refractivity contribution in [3.63, 3.8) is 0 Å². The summed E-state index contributed by atoms with van der Waals surface area (Å²) in [5, 5.41) is 3.39. The average Bonchev–Trinajstić information content (AvgIpc) is 2.95. The summed E-state index contributed by atoms with van der Waals surface area (Å²) in [4.78, 5) is 11.7. The SMILES string of the molecule is CCNc1ncnc(N2CCCC3CCCC32)c1CC. The van der Waals surface area contributed by atoms with Crippen LogP contribution in [0.15, 0.2) is 6.33 Å². The first-order chi connectivity index (χ1) is 9.85. The number of hydrogen-bond donors (Lipinski definition) is 1. The number of hydrogen-bond acceptors (Lipinski definition) is 4. The Bertz CT molecular complexity index is 460. The molecule has 4 heteroatoms. The van der Waals surface area contributed by atoms with Crippen LogP contribution in [-0.4, -0.2) is 29.1 Å². The van der Waals surface area contributed by atoms with Gasteiger partial charge >= 0.3 is 0 Å². The van der Waals surface area contributed by atoms with Gasteiger partial charge < -0.3 is 10.2 Å². The van der Waals surface area contributed by atoms with Crippen LogP contribution in [0, 0.1) is 5.92 Å². The predicted octanol–water partition coefficient (Wildman–Crippen LogP) is 3.24. The van der Waals surface area contributed by atoms with Gasteiger partial charge in [-0.15, -0.1) is 0 Å². The third-order valence-electron chi connectivity index (χ3n) is 4.89. The monoisotopic (exact) mass is 274 g/mol. The lowest BCUT2D eigenvalue weighted by Gasteiger charge is -2.39. The predicted molar refractivity (Wildman–Crippen MR) is 83.3 cm³/mol. The fourth-order valence-corrected chi connectivity index (χ4v) is 4.01. The van der Waals surface area contributed by atoms with Gasteiger partial charge in [-0.05, 0) is 44.9 Å². The van der Waals surface area contributed by atoms with Gasteiger partial charge in [-0.1, -0.05) is 13.3 Å². The van der Waals surface area contributed by atoms with Gasteiger partial charge in [-0.25, -0.2) is 9.97 Å². The van der Waals surface area contributed by atoms with E-state index in [-0.39, 0.29) is 0 Å². The zero-order valence-electron chi connectivity index (χ0n) is 12.7. The molecule has 2 atom stereocenters. The molecule has 1 saturated heterocycles. The third-order valence-corrected chi connectivity index (χ3v) is 4.89. The van der Waals surface area contributed by atoms with E-state index in [1.54, 1.807) is 6.33 Å². The maximum atomic E-state index is 4.65. The molecule has 1 aliphatic carbocycles. The molecule has 2 aliphatic rings. The minimum atomic E-state index is 0.721. The van der Waals surface area contributed by atoms with E-state index < -0.39 is 0 Å². The standard InChI is InChI=1S/C16H26N4/c1-3-13-15(17-4-2)18-11-19-16(13)20-10-6-8-12-7-5-9-14(12)20/h11-12,14H,3-10H2,1-2H3,(H,17,18,19). The largest absolute Gasteiger partial charge is 0.370 e. The van der Waals surface area contributed by atoms with Crippen LogP contribution in [0.5, 0.6) is 0 Å². The summed E-state index contributed by atoms with van der Waals surface area (Å²) >= 11 is 0. The smallest absolute Gasteiger partial charge is 0.137 e. The van der Waals surface area contributed by atoms with Crippen molar-refractivity contribution in [3.05, 3.63) is 11.9 Å². The number of anilines is 2. The molecule has 2 fully saturated rings. The summed E-state index contributed by atoms with van der Waals surface area (Å²) in [5.41, 5.74) is 1.29. The summed E-state index contributed by atoms with van der Waals surface area (Å²) in [6.07, 6.45) is 9.58. The molecule has 0 spiro atoms.